The van der Waals surface area contributed by atoms with Crippen LogP contribution in [0.4, 0.5) is 4.39 Å². The summed E-state index contributed by atoms with van der Waals surface area (Å²) < 4.78 is 41.8. The van der Waals surface area contributed by atoms with Crippen LogP contribution in [0.5, 0.6) is 0 Å². The second-order valence-corrected chi connectivity index (χ2v) is 6.32. The molecule has 0 saturated heterocycles. The summed E-state index contributed by atoms with van der Waals surface area (Å²) in [6.07, 6.45) is 1.70. The van der Waals surface area contributed by atoms with Crippen molar-refractivity contribution in [2.75, 3.05) is 6.61 Å². The summed E-state index contributed by atoms with van der Waals surface area (Å²) in [5, 5.41) is 0. The minimum Gasteiger partial charge on any atom is -0.266 e. The SMILES string of the molecule is [B]C1CC(COS(=O)(=O)c2ccc(C)cc2)C=C1F. The van der Waals surface area contributed by atoms with Crippen LogP contribution in [0.3, 0.4) is 0 Å². The fraction of sp³-hybridized carbons (Fsp3) is 0.385. The van der Waals surface area contributed by atoms with Crippen molar-refractivity contribution in [3.05, 3.63) is 41.7 Å². The normalized spacial score (nSPS) is 23.4. The number of aryl methyl sites for hydroxylation is 1. The lowest BCUT2D eigenvalue weighted by molar-refractivity contribution is 0.278. The highest BCUT2D eigenvalue weighted by Gasteiger charge is 2.25. The highest BCUT2D eigenvalue weighted by atomic mass is 32.2. The summed E-state index contributed by atoms with van der Waals surface area (Å²) in [6.45, 7) is 1.78. The maximum Gasteiger partial charge on any atom is 0.296 e. The van der Waals surface area contributed by atoms with E-state index in [4.69, 9.17) is 12.0 Å². The van der Waals surface area contributed by atoms with E-state index in [1.54, 1.807) is 12.1 Å². The molecule has 3 nitrogen and oxygen atoms in total. The molecule has 0 spiro atoms. The third-order valence-corrected chi connectivity index (χ3v) is 4.35. The molecule has 0 amide bonds. The average molecular weight is 280 g/mol. The molecule has 0 bridgehead atoms. The van der Waals surface area contributed by atoms with E-state index in [0.717, 1.165) is 5.56 Å². The van der Waals surface area contributed by atoms with Gasteiger partial charge in [-0.2, -0.15) is 8.42 Å². The lowest BCUT2D eigenvalue weighted by atomic mass is 9.85. The fourth-order valence-electron chi connectivity index (χ4n) is 1.92. The van der Waals surface area contributed by atoms with Gasteiger partial charge in [0.2, 0.25) is 0 Å². The van der Waals surface area contributed by atoms with Gasteiger partial charge in [-0.1, -0.05) is 17.7 Å². The van der Waals surface area contributed by atoms with Gasteiger partial charge in [0.15, 0.2) is 0 Å². The van der Waals surface area contributed by atoms with Gasteiger partial charge in [0.25, 0.3) is 10.1 Å². The monoisotopic (exact) mass is 280 g/mol. The van der Waals surface area contributed by atoms with E-state index >= 15 is 0 Å². The number of allylic oxidation sites excluding steroid dienone is 1. The second kappa shape index (κ2) is 5.47. The predicted molar refractivity (Wildman–Crippen MR) is 71.1 cm³/mol. The molecular formula is C13H14BFO3S. The molecule has 0 aromatic heterocycles. The number of hydrogen-bond donors (Lipinski definition) is 0. The van der Waals surface area contributed by atoms with Crippen LogP contribution in [0.2, 0.25) is 5.82 Å². The van der Waals surface area contributed by atoms with Crippen LogP contribution in [0.15, 0.2) is 41.1 Å². The van der Waals surface area contributed by atoms with Gasteiger partial charge in [0.1, 0.15) is 0 Å². The topological polar surface area (TPSA) is 43.4 Å². The van der Waals surface area contributed by atoms with Gasteiger partial charge in [-0.25, -0.2) is 4.39 Å². The maximum atomic E-state index is 13.1. The van der Waals surface area contributed by atoms with Crippen molar-refractivity contribution in [2.45, 2.75) is 24.1 Å². The zero-order valence-corrected chi connectivity index (χ0v) is 11.4. The molecule has 0 N–H and O–H groups in total. The Bertz CT molecular complexity index is 580. The predicted octanol–water partition coefficient (Wildman–Crippen LogP) is 2.53. The molecule has 19 heavy (non-hydrogen) atoms. The summed E-state index contributed by atoms with van der Waals surface area (Å²) in [5.41, 5.74) is 0.964. The van der Waals surface area contributed by atoms with E-state index in [2.05, 4.69) is 0 Å². The van der Waals surface area contributed by atoms with Gasteiger partial charge in [-0.15, -0.1) is 0 Å². The van der Waals surface area contributed by atoms with Crippen molar-refractivity contribution in [1.82, 2.24) is 0 Å². The Morgan fingerprint density at radius 2 is 2.00 bits per heavy atom. The summed E-state index contributed by atoms with van der Waals surface area (Å²) in [5.74, 6) is -1.34. The van der Waals surface area contributed by atoms with Crippen LogP contribution in [-0.4, -0.2) is 22.9 Å². The summed E-state index contributed by atoms with van der Waals surface area (Å²) in [6, 6.07) is 6.37. The van der Waals surface area contributed by atoms with Gasteiger partial charge in [-0.3, -0.25) is 4.18 Å². The van der Waals surface area contributed by atoms with Crippen molar-refractivity contribution in [3.63, 3.8) is 0 Å². The molecule has 2 radical (unpaired) electrons. The standard InChI is InChI=1S/C13H14BFO3S/c1-9-2-4-11(5-3-9)19(16,17)18-8-10-6-12(14)13(15)7-10/h2-5,7,10,12H,6,8H2,1H3. The van der Waals surface area contributed by atoms with Crippen molar-refractivity contribution >= 4 is 18.0 Å². The zero-order valence-electron chi connectivity index (χ0n) is 10.5. The van der Waals surface area contributed by atoms with E-state index in [-0.39, 0.29) is 17.4 Å². The highest BCUT2D eigenvalue weighted by molar-refractivity contribution is 7.86. The average Bonchev–Trinajstić information content (AvgIpc) is 2.67. The third kappa shape index (κ3) is 3.45. The van der Waals surface area contributed by atoms with E-state index in [1.807, 2.05) is 6.92 Å². The molecule has 100 valence electrons. The van der Waals surface area contributed by atoms with Gasteiger partial charge in [-0.05, 0) is 37.4 Å². The van der Waals surface area contributed by atoms with Crippen molar-refractivity contribution in [2.24, 2.45) is 5.92 Å². The Morgan fingerprint density at radius 1 is 1.37 bits per heavy atom. The number of hydrogen-bond acceptors (Lipinski definition) is 3. The molecule has 2 atom stereocenters. The Hall–Kier alpha value is -1.14. The lowest BCUT2D eigenvalue weighted by Crippen LogP contribution is -2.12. The molecule has 1 aromatic carbocycles. The molecule has 1 aliphatic rings. The third-order valence-electron chi connectivity index (χ3n) is 3.05. The molecular weight excluding hydrogens is 266 g/mol. The number of halogens is 1. The zero-order chi connectivity index (χ0) is 14.0. The second-order valence-electron chi connectivity index (χ2n) is 4.71. The van der Waals surface area contributed by atoms with Crippen molar-refractivity contribution in [3.8, 4) is 0 Å². The molecule has 0 aliphatic heterocycles. The van der Waals surface area contributed by atoms with E-state index in [9.17, 15) is 12.8 Å². The van der Waals surface area contributed by atoms with Crippen LogP contribution in [-0.2, 0) is 14.3 Å². The van der Waals surface area contributed by atoms with Crippen molar-refractivity contribution < 1.29 is 17.0 Å². The molecule has 1 aliphatic carbocycles. The number of rotatable bonds is 4. The number of benzene rings is 1. The van der Waals surface area contributed by atoms with Gasteiger partial charge >= 0.3 is 0 Å². The Morgan fingerprint density at radius 3 is 2.53 bits per heavy atom. The molecule has 0 fully saturated rings. The van der Waals surface area contributed by atoms with Crippen LogP contribution in [0.25, 0.3) is 0 Å². The van der Waals surface area contributed by atoms with Crippen LogP contribution >= 0.6 is 0 Å². The Balaban J connectivity index is 2.01. The minimum absolute atomic E-state index is 0.0860. The van der Waals surface area contributed by atoms with E-state index < -0.39 is 21.8 Å². The molecule has 0 heterocycles. The molecule has 1 aromatic rings. The van der Waals surface area contributed by atoms with Crippen LogP contribution in [0.1, 0.15) is 12.0 Å². The summed E-state index contributed by atoms with van der Waals surface area (Å²) in [7, 11) is 1.70. The fourth-order valence-corrected chi connectivity index (χ4v) is 2.88. The molecule has 0 saturated carbocycles. The molecule has 6 heteroatoms. The van der Waals surface area contributed by atoms with Gasteiger partial charge in [0.05, 0.1) is 25.2 Å². The van der Waals surface area contributed by atoms with Crippen LogP contribution in [0, 0.1) is 12.8 Å². The lowest BCUT2D eigenvalue weighted by Gasteiger charge is -2.10. The minimum atomic E-state index is -3.79. The first-order valence-corrected chi connectivity index (χ1v) is 7.38. The van der Waals surface area contributed by atoms with E-state index in [0.29, 0.717) is 6.42 Å². The van der Waals surface area contributed by atoms with Gasteiger partial charge < -0.3 is 0 Å². The molecule has 2 unspecified atom stereocenters. The first-order valence-electron chi connectivity index (χ1n) is 5.97. The Kier molecular flexibility index (Phi) is 4.11. The van der Waals surface area contributed by atoms with Crippen LogP contribution < -0.4 is 0 Å². The smallest absolute Gasteiger partial charge is 0.266 e. The first-order chi connectivity index (χ1) is 8.88. The quantitative estimate of drug-likeness (QED) is 0.628. The summed E-state index contributed by atoms with van der Waals surface area (Å²) >= 11 is 0. The van der Waals surface area contributed by atoms with Crippen molar-refractivity contribution in [1.29, 1.82) is 0 Å². The summed E-state index contributed by atoms with van der Waals surface area (Å²) in [4.78, 5) is 0.102. The molecule has 2 rings (SSSR count). The highest BCUT2D eigenvalue weighted by Crippen LogP contribution is 2.34. The largest absolute Gasteiger partial charge is 0.296 e. The maximum absolute atomic E-state index is 13.1. The van der Waals surface area contributed by atoms with Gasteiger partial charge in [0, 0.05) is 5.92 Å². The van der Waals surface area contributed by atoms with E-state index in [1.165, 1.54) is 18.2 Å². The first kappa shape index (κ1) is 14.3. The Labute approximate surface area is 114 Å².